The summed E-state index contributed by atoms with van der Waals surface area (Å²) in [6.45, 7) is 2.88. The van der Waals surface area contributed by atoms with E-state index < -0.39 is 0 Å². The Kier molecular flexibility index (Phi) is 2.75. The summed E-state index contributed by atoms with van der Waals surface area (Å²) in [6, 6.07) is 5.30. The molecule has 0 N–H and O–H groups in total. The smallest absolute Gasteiger partial charge is 0.308 e. The highest BCUT2D eigenvalue weighted by Crippen LogP contribution is 2.29. The number of esters is 1. The first-order valence-electron chi connectivity index (χ1n) is 4.78. The third kappa shape index (κ3) is 1.97. The van der Waals surface area contributed by atoms with Gasteiger partial charge in [-0.3, -0.25) is 9.59 Å². The zero-order valence-electron chi connectivity index (χ0n) is 8.94. The average Bonchev–Trinajstić information content (AvgIpc) is 2.59. The molecular formula is C12H10O3S. The number of hydrogen-bond acceptors (Lipinski definition) is 4. The zero-order chi connectivity index (χ0) is 11.7. The summed E-state index contributed by atoms with van der Waals surface area (Å²) in [5, 5.41) is 2.67. The topological polar surface area (TPSA) is 43.4 Å². The Morgan fingerprint density at radius 2 is 2.00 bits per heavy atom. The Labute approximate surface area is 96.6 Å². The van der Waals surface area contributed by atoms with Gasteiger partial charge in [-0.2, -0.15) is 0 Å². The zero-order valence-corrected chi connectivity index (χ0v) is 9.76. The van der Waals surface area contributed by atoms with Crippen molar-refractivity contribution in [3.05, 3.63) is 29.1 Å². The van der Waals surface area contributed by atoms with Gasteiger partial charge in [0.1, 0.15) is 5.75 Å². The molecule has 0 spiro atoms. The maximum Gasteiger partial charge on any atom is 0.308 e. The summed E-state index contributed by atoms with van der Waals surface area (Å²) in [4.78, 5) is 22.2. The molecule has 1 heterocycles. The molecular weight excluding hydrogens is 224 g/mol. The van der Waals surface area contributed by atoms with E-state index in [9.17, 15) is 9.59 Å². The second kappa shape index (κ2) is 4.06. The molecule has 2 aromatic rings. The van der Waals surface area contributed by atoms with Crippen LogP contribution in [0, 0.1) is 0 Å². The highest BCUT2D eigenvalue weighted by Gasteiger charge is 2.09. The van der Waals surface area contributed by atoms with Gasteiger partial charge in [-0.25, -0.2) is 0 Å². The van der Waals surface area contributed by atoms with Crippen molar-refractivity contribution in [1.82, 2.24) is 0 Å². The lowest BCUT2D eigenvalue weighted by atomic mass is 10.1. The quantitative estimate of drug-likeness (QED) is 0.455. The molecule has 0 aliphatic carbocycles. The van der Waals surface area contributed by atoms with Crippen LogP contribution in [0.5, 0.6) is 5.75 Å². The Morgan fingerprint density at radius 1 is 1.25 bits per heavy atom. The van der Waals surface area contributed by atoms with Crippen LogP contribution in [0.15, 0.2) is 23.6 Å². The van der Waals surface area contributed by atoms with Crippen LogP contribution in [0.25, 0.3) is 10.1 Å². The number of benzene rings is 1. The summed E-state index contributed by atoms with van der Waals surface area (Å²) in [7, 11) is 0. The standard InChI is InChI=1S/C12H10O3S/c1-7(13)11-6-16-12-4-3-9(5-10(11)12)15-8(2)14/h3-6H,1-2H3. The third-order valence-electron chi connectivity index (χ3n) is 2.19. The van der Waals surface area contributed by atoms with E-state index in [0.29, 0.717) is 11.3 Å². The fourth-order valence-corrected chi connectivity index (χ4v) is 2.49. The lowest BCUT2D eigenvalue weighted by molar-refractivity contribution is -0.131. The number of rotatable bonds is 2. The number of hydrogen-bond donors (Lipinski definition) is 0. The fourth-order valence-electron chi connectivity index (χ4n) is 1.51. The summed E-state index contributed by atoms with van der Waals surface area (Å²) in [6.07, 6.45) is 0. The molecule has 0 saturated heterocycles. The second-order valence-electron chi connectivity index (χ2n) is 3.46. The van der Waals surface area contributed by atoms with Gasteiger partial charge in [0.25, 0.3) is 0 Å². The summed E-state index contributed by atoms with van der Waals surface area (Å²) in [5.74, 6) is 0.131. The molecule has 1 aromatic carbocycles. The Bertz CT molecular complexity index is 569. The van der Waals surface area contributed by atoms with E-state index in [4.69, 9.17) is 4.74 Å². The number of thiophene rings is 1. The van der Waals surface area contributed by atoms with Crippen LogP contribution in [0.3, 0.4) is 0 Å². The predicted octanol–water partition coefficient (Wildman–Crippen LogP) is 3.03. The minimum absolute atomic E-state index is 0.0197. The number of Topliss-reactive ketones (excluding diaryl/α,β-unsaturated/α-hetero) is 1. The normalized spacial score (nSPS) is 10.4. The van der Waals surface area contributed by atoms with Gasteiger partial charge in [-0.1, -0.05) is 0 Å². The molecule has 1 aromatic heterocycles. The first kappa shape index (κ1) is 10.8. The molecule has 0 aliphatic rings. The average molecular weight is 234 g/mol. The van der Waals surface area contributed by atoms with Crippen molar-refractivity contribution in [2.45, 2.75) is 13.8 Å². The third-order valence-corrected chi connectivity index (χ3v) is 3.15. The molecule has 0 amide bonds. The van der Waals surface area contributed by atoms with Gasteiger partial charge in [0.15, 0.2) is 5.78 Å². The molecule has 0 fully saturated rings. The molecule has 3 nitrogen and oxygen atoms in total. The van der Waals surface area contributed by atoms with E-state index in [2.05, 4.69) is 0 Å². The lowest BCUT2D eigenvalue weighted by Crippen LogP contribution is -2.01. The first-order valence-corrected chi connectivity index (χ1v) is 5.66. The van der Waals surface area contributed by atoms with Gasteiger partial charge < -0.3 is 4.74 Å². The van der Waals surface area contributed by atoms with Gasteiger partial charge in [0.2, 0.25) is 0 Å². The number of carbonyl (C=O) groups excluding carboxylic acids is 2. The molecule has 16 heavy (non-hydrogen) atoms. The fraction of sp³-hybridized carbons (Fsp3) is 0.167. The van der Waals surface area contributed by atoms with Crippen molar-refractivity contribution in [3.63, 3.8) is 0 Å². The predicted molar refractivity (Wildman–Crippen MR) is 63.1 cm³/mol. The van der Waals surface area contributed by atoms with E-state index in [0.717, 1.165) is 10.1 Å². The largest absolute Gasteiger partial charge is 0.427 e. The minimum Gasteiger partial charge on any atom is -0.427 e. The van der Waals surface area contributed by atoms with E-state index in [-0.39, 0.29) is 11.8 Å². The van der Waals surface area contributed by atoms with Crippen LogP contribution in [-0.4, -0.2) is 11.8 Å². The molecule has 0 atom stereocenters. The molecule has 0 saturated carbocycles. The van der Waals surface area contributed by atoms with Gasteiger partial charge >= 0.3 is 5.97 Å². The molecule has 0 bridgehead atoms. The molecule has 4 heteroatoms. The lowest BCUT2D eigenvalue weighted by Gasteiger charge is -2.01. The molecule has 0 aliphatic heterocycles. The second-order valence-corrected chi connectivity index (χ2v) is 4.37. The monoisotopic (exact) mass is 234 g/mol. The Hall–Kier alpha value is -1.68. The molecule has 0 unspecified atom stereocenters. The minimum atomic E-state index is -0.362. The number of fused-ring (bicyclic) bond motifs is 1. The van der Waals surface area contributed by atoms with Crippen molar-refractivity contribution in [2.75, 3.05) is 0 Å². The van der Waals surface area contributed by atoms with Crippen molar-refractivity contribution >= 4 is 33.2 Å². The van der Waals surface area contributed by atoms with E-state index in [1.54, 1.807) is 12.1 Å². The van der Waals surface area contributed by atoms with E-state index in [1.165, 1.54) is 25.2 Å². The maximum atomic E-state index is 11.4. The van der Waals surface area contributed by atoms with Crippen LogP contribution in [0.2, 0.25) is 0 Å². The first-order chi connectivity index (χ1) is 7.58. The molecule has 2 rings (SSSR count). The van der Waals surface area contributed by atoms with Crippen LogP contribution < -0.4 is 4.74 Å². The Morgan fingerprint density at radius 3 is 2.62 bits per heavy atom. The SMILES string of the molecule is CC(=O)Oc1ccc2scc(C(C)=O)c2c1. The highest BCUT2D eigenvalue weighted by atomic mass is 32.1. The van der Waals surface area contributed by atoms with Crippen LogP contribution >= 0.6 is 11.3 Å². The molecule has 0 radical (unpaired) electrons. The van der Waals surface area contributed by atoms with Crippen LogP contribution in [0.1, 0.15) is 24.2 Å². The highest BCUT2D eigenvalue weighted by molar-refractivity contribution is 7.17. The van der Waals surface area contributed by atoms with Crippen molar-refractivity contribution in [3.8, 4) is 5.75 Å². The van der Waals surface area contributed by atoms with Crippen LogP contribution in [-0.2, 0) is 4.79 Å². The van der Waals surface area contributed by atoms with Gasteiger partial charge in [0.05, 0.1) is 0 Å². The number of ketones is 1. The van der Waals surface area contributed by atoms with Crippen molar-refractivity contribution in [1.29, 1.82) is 0 Å². The van der Waals surface area contributed by atoms with Gasteiger partial charge in [-0.05, 0) is 25.1 Å². The van der Waals surface area contributed by atoms with Crippen LogP contribution in [0.4, 0.5) is 0 Å². The summed E-state index contributed by atoms with van der Waals surface area (Å²) in [5.41, 5.74) is 0.675. The van der Waals surface area contributed by atoms with E-state index >= 15 is 0 Å². The van der Waals surface area contributed by atoms with Gasteiger partial charge in [-0.15, -0.1) is 11.3 Å². The van der Waals surface area contributed by atoms with Crippen molar-refractivity contribution < 1.29 is 14.3 Å². The Balaban J connectivity index is 2.54. The maximum absolute atomic E-state index is 11.4. The molecule has 82 valence electrons. The van der Waals surface area contributed by atoms with Gasteiger partial charge in [0, 0.05) is 28.0 Å². The number of ether oxygens (including phenoxy) is 1. The van der Waals surface area contributed by atoms with E-state index in [1.807, 2.05) is 11.4 Å². The summed E-state index contributed by atoms with van der Waals surface area (Å²) < 4.78 is 6.00. The number of carbonyl (C=O) groups is 2. The van der Waals surface area contributed by atoms with Crippen molar-refractivity contribution in [2.24, 2.45) is 0 Å². The summed E-state index contributed by atoms with van der Waals surface area (Å²) >= 11 is 1.51.